The van der Waals surface area contributed by atoms with Crippen molar-refractivity contribution in [3.05, 3.63) is 24.3 Å². The maximum atomic E-state index is 9.08. The molecule has 0 saturated carbocycles. The van der Waals surface area contributed by atoms with Gasteiger partial charge in [-0.1, -0.05) is 19.8 Å². The summed E-state index contributed by atoms with van der Waals surface area (Å²) in [5.74, 6) is 1.10. The molecule has 0 saturated heterocycles. The van der Waals surface area contributed by atoms with Gasteiger partial charge in [-0.2, -0.15) is 0 Å². The molecule has 78 valence electrons. The lowest BCUT2D eigenvalue weighted by Gasteiger charge is -2.13. The van der Waals surface area contributed by atoms with Crippen LogP contribution in [0.1, 0.15) is 33.1 Å². The molecular weight excluding hydrogens is 176 g/mol. The van der Waals surface area contributed by atoms with Crippen LogP contribution >= 0.6 is 0 Å². The highest BCUT2D eigenvalue weighted by Crippen LogP contribution is 2.18. The van der Waals surface area contributed by atoms with Crippen molar-refractivity contribution in [3.63, 3.8) is 0 Å². The number of benzene rings is 1. The molecule has 2 nitrogen and oxygen atoms in total. The first-order chi connectivity index (χ1) is 6.72. The third-order valence-electron chi connectivity index (χ3n) is 2.14. The summed E-state index contributed by atoms with van der Waals surface area (Å²) in [6.45, 7) is 4.25. The Bertz CT molecular complexity index is 254. The van der Waals surface area contributed by atoms with E-state index in [0.29, 0.717) is 0 Å². The summed E-state index contributed by atoms with van der Waals surface area (Å²) >= 11 is 0. The lowest BCUT2D eigenvalue weighted by molar-refractivity contribution is 0.207. The van der Waals surface area contributed by atoms with E-state index in [9.17, 15) is 0 Å². The topological polar surface area (TPSA) is 29.5 Å². The second-order valence-electron chi connectivity index (χ2n) is 3.56. The zero-order valence-electron chi connectivity index (χ0n) is 8.86. The van der Waals surface area contributed by atoms with Gasteiger partial charge in [0.25, 0.3) is 0 Å². The minimum atomic E-state index is 0.250. The van der Waals surface area contributed by atoms with Crippen molar-refractivity contribution in [2.45, 2.75) is 39.2 Å². The molecule has 2 heteroatoms. The molecule has 0 heterocycles. The Morgan fingerprint density at radius 1 is 1.29 bits per heavy atom. The van der Waals surface area contributed by atoms with Crippen LogP contribution in [0.25, 0.3) is 0 Å². The monoisotopic (exact) mass is 194 g/mol. The highest BCUT2D eigenvalue weighted by Gasteiger charge is 2.02. The number of phenolic OH excluding ortho intramolecular Hbond substituents is 1. The normalized spacial score (nSPS) is 12.4. The fraction of sp³-hybridized carbons (Fsp3) is 0.500. The predicted octanol–water partition coefficient (Wildman–Crippen LogP) is 3.35. The summed E-state index contributed by atoms with van der Waals surface area (Å²) < 4.78 is 5.66. The molecule has 1 rings (SSSR count). The SMILES string of the molecule is CCCCC(C)Oc1ccc(O)cc1. The summed E-state index contributed by atoms with van der Waals surface area (Å²) in [4.78, 5) is 0. The molecule has 0 aliphatic carbocycles. The zero-order valence-corrected chi connectivity index (χ0v) is 8.86. The Morgan fingerprint density at radius 2 is 1.93 bits per heavy atom. The molecule has 1 N–H and O–H groups in total. The average molecular weight is 194 g/mol. The molecule has 0 spiro atoms. The highest BCUT2D eigenvalue weighted by atomic mass is 16.5. The Morgan fingerprint density at radius 3 is 2.50 bits per heavy atom. The molecule has 0 bridgehead atoms. The standard InChI is InChI=1S/C12H18O2/c1-3-4-5-10(2)14-12-8-6-11(13)7-9-12/h6-10,13H,3-5H2,1-2H3. The number of rotatable bonds is 5. The Balaban J connectivity index is 2.39. The van der Waals surface area contributed by atoms with Crippen LogP contribution < -0.4 is 4.74 Å². The maximum Gasteiger partial charge on any atom is 0.119 e. The van der Waals surface area contributed by atoms with Crippen molar-refractivity contribution < 1.29 is 9.84 Å². The lowest BCUT2D eigenvalue weighted by atomic mass is 10.2. The predicted molar refractivity (Wildman–Crippen MR) is 57.7 cm³/mol. The fourth-order valence-corrected chi connectivity index (χ4v) is 1.31. The van der Waals surface area contributed by atoms with Gasteiger partial charge in [0.2, 0.25) is 0 Å². The molecule has 0 radical (unpaired) electrons. The molecule has 0 amide bonds. The van der Waals surface area contributed by atoms with E-state index in [1.165, 1.54) is 12.8 Å². The van der Waals surface area contributed by atoms with Gasteiger partial charge in [-0.25, -0.2) is 0 Å². The van der Waals surface area contributed by atoms with Crippen molar-refractivity contribution in [2.75, 3.05) is 0 Å². The quantitative estimate of drug-likeness (QED) is 0.778. The van der Waals surface area contributed by atoms with E-state index in [0.717, 1.165) is 12.2 Å². The van der Waals surface area contributed by atoms with Crippen LogP contribution in [-0.4, -0.2) is 11.2 Å². The van der Waals surface area contributed by atoms with Gasteiger partial charge in [-0.05, 0) is 37.6 Å². The molecule has 0 aliphatic rings. The molecule has 1 atom stereocenters. The third-order valence-corrected chi connectivity index (χ3v) is 2.14. The second kappa shape index (κ2) is 5.53. The number of aromatic hydroxyl groups is 1. The van der Waals surface area contributed by atoms with Crippen molar-refractivity contribution in [1.82, 2.24) is 0 Å². The molecule has 0 aromatic heterocycles. The molecule has 1 unspecified atom stereocenters. The Kier molecular flexibility index (Phi) is 4.30. The number of unbranched alkanes of at least 4 members (excludes halogenated alkanes) is 1. The minimum absolute atomic E-state index is 0.250. The molecule has 0 fully saturated rings. The summed E-state index contributed by atoms with van der Waals surface area (Å²) in [6, 6.07) is 6.86. The van der Waals surface area contributed by atoms with Gasteiger partial charge < -0.3 is 9.84 Å². The molecule has 1 aromatic carbocycles. The van der Waals surface area contributed by atoms with Gasteiger partial charge in [0.1, 0.15) is 11.5 Å². The second-order valence-corrected chi connectivity index (χ2v) is 3.56. The lowest BCUT2D eigenvalue weighted by Crippen LogP contribution is -2.11. The smallest absolute Gasteiger partial charge is 0.119 e. The van der Waals surface area contributed by atoms with Gasteiger partial charge in [0.05, 0.1) is 6.10 Å². The van der Waals surface area contributed by atoms with E-state index < -0.39 is 0 Å². The van der Waals surface area contributed by atoms with Gasteiger partial charge in [0, 0.05) is 0 Å². The van der Waals surface area contributed by atoms with Crippen LogP contribution in [0.2, 0.25) is 0 Å². The Labute approximate surface area is 85.5 Å². The Hall–Kier alpha value is -1.18. The summed E-state index contributed by atoms with van der Waals surface area (Å²) in [5.41, 5.74) is 0. The first-order valence-electron chi connectivity index (χ1n) is 5.18. The molecular formula is C12H18O2. The van der Waals surface area contributed by atoms with E-state index >= 15 is 0 Å². The van der Waals surface area contributed by atoms with Gasteiger partial charge >= 0.3 is 0 Å². The minimum Gasteiger partial charge on any atom is -0.508 e. The zero-order chi connectivity index (χ0) is 10.4. The van der Waals surface area contributed by atoms with E-state index in [4.69, 9.17) is 9.84 Å². The van der Waals surface area contributed by atoms with E-state index in [1.54, 1.807) is 24.3 Å². The van der Waals surface area contributed by atoms with Crippen molar-refractivity contribution in [1.29, 1.82) is 0 Å². The van der Waals surface area contributed by atoms with Crippen LogP contribution in [0.3, 0.4) is 0 Å². The van der Waals surface area contributed by atoms with Gasteiger partial charge in [-0.3, -0.25) is 0 Å². The number of ether oxygens (including phenoxy) is 1. The number of hydrogen-bond acceptors (Lipinski definition) is 2. The maximum absolute atomic E-state index is 9.08. The van der Waals surface area contributed by atoms with Crippen molar-refractivity contribution in [3.8, 4) is 11.5 Å². The number of phenols is 1. The summed E-state index contributed by atoms with van der Waals surface area (Å²) in [5, 5.41) is 9.08. The largest absolute Gasteiger partial charge is 0.508 e. The van der Waals surface area contributed by atoms with E-state index in [2.05, 4.69) is 13.8 Å². The van der Waals surface area contributed by atoms with Crippen LogP contribution in [0.4, 0.5) is 0 Å². The molecule has 1 aromatic rings. The third kappa shape index (κ3) is 3.69. The van der Waals surface area contributed by atoms with Crippen LogP contribution in [0.15, 0.2) is 24.3 Å². The first kappa shape index (κ1) is 10.9. The summed E-state index contributed by atoms with van der Waals surface area (Å²) in [6.07, 6.45) is 3.72. The van der Waals surface area contributed by atoms with Gasteiger partial charge in [0.15, 0.2) is 0 Å². The highest BCUT2D eigenvalue weighted by molar-refractivity contribution is 5.30. The van der Waals surface area contributed by atoms with Crippen LogP contribution in [0, 0.1) is 0 Å². The van der Waals surface area contributed by atoms with Crippen molar-refractivity contribution >= 4 is 0 Å². The van der Waals surface area contributed by atoms with E-state index in [1.807, 2.05) is 0 Å². The van der Waals surface area contributed by atoms with Crippen molar-refractivity contribution in [2.24, 2.45) is 0 Å². The summed E-state index contributed by atoms with van der Waals surface area (Å²) in [7, 11) is 0. The van der Waals surface area contributed by atoms with Gasteiger partial charge in [-0.15, -0.1) is 0 Å². The first-order valence-corrected chi connectivity index (χ1v) is 5.18. The molecule has 0 aliphatic heterocycles. The number of hydrogen-bond donors (Lipinski definition) is 1. The molecule has 14 heavy (non-hydrogen) atoms. The van der Waals surface area contributed by atoms with Crippen LogP contribution in [0.5, 0.6) is 11.5 Å². The average Bonchev–Trinajstić information content (AvgIpc) is 2.18. The van der Waals surface area contributed by atoms with E-state index in [-0.39, 0.29) is 11.9 Å². The fourth-order valence-electron chi connectivity index (χ4n) is 1.31. The van der Waals surface area contributed by atoms with Crippen LogP contribution in [-0.2, 0) is 0 Å².